The number of aryl methyl sites for hydroxylation is 1. The molecule has 0 bridgehead atoms. The second kappa shape index (κ2) is 4.33. The monoisotopic (exact) mass is 336 g/mol. The Labute approximate surface area is 114 Å². The van der Waals surface area contributed by atoms with Crippen molar-refractivity contribution in [2.75, 3.05) is 5.73 Å². The standard InChI is InChI=1S/C12H9BrF4N2/c1-4-3-6(14)8(13)7-9(18)5(2)11(12(15,16)17)19-10(4)7/h3H,1-2H3,(H2,18,19). The molecule has 1 aromatic carbocycles. The third-order valence-electron chi connectivity index (χ3n) is 2.90. The summed E-state index contributed by atoms with van der Waals surface area (Å²) in [4.78, 5) is 3.61. The minimum atomic E-state index is -4.60. The molecule has 2 rings (SSSR count). The lowest BCUT2D eigenvalue weighted by molar-refractivity contribution is -0.141. The number of hydrogen-bond donors (Lipinski definition) is 1. The summed E-state index contributed by atoms with van der Waals surface area (Å²) in [6, 6.07) is 1.12. The molecule has 0 aliphatic heterocycles. The van der Waals surface area contributed by atoms with E-state index in [1.807, 2.05) is 0 Å². The van der Waals surface area contributed by atoms with Gasteiger partial charge >= 0.3 is 6.18 Å². The van der Waals surface area contributed by atoms with Crippen molar-refractivity contribution in [2.24, 2.45) is 0 Å². The number of pyridine rings is 1. The fourth-order valence-corrected chi connectivity index (χ4v) is 2.43. The molecule has 2 nitrogen and oxygen atoms in total. The number of alkyl halides is 3. The third kappa shape index (κ3) is 2.16. The van der Waals surface area contributed by atoms with Gasteiger partial charge in [-0.2, -0.15) is 13.2 Å². The second-order valence-electron chi connectivity index (χ2n) is 4.21. The summed E-state index contributed by atoms with van der Waals surface area (Å²) in [6.07, 6.45) is -4.60. The quantitative estimate of drug-likeness (QED) is 0.726. The van der Waals surface area contributed by atoms with Crippen LogP contribution in [0, 0.1) is 19.7 Å². The molecule has 0 aliphatic rings. The molecule has 1 aromatic heterocycles. The van der Waals surface area contributed by atoms with Crippen LogP contribution in [0.25, 0.3) is 10.9 Å². The minimum absolute atomic E-state index is 0.0231. The van der Waals surface area contributed by atoms with Gasteiger partial charge in [0.25, 0.3) is 0 Å². The van der Waals surface area contributed by atoms with Crippen LogP contribution in [-0.2, 0) is 6.18 Å². The number of halogens is 5. The topological polar surface area (TPSA) is 38.9 Å². The Morgan fingerprint density at radius 1 is 1.26 bits per heavy atom. The van der Waals surface area contributed by atoms with Crippen molar-refractivity contribution in [3.63, 3.8) is 0 Å². The van der Waals surface area contributed by atoms with Crippen LogP contribution in [0.15, 0.2) is 10.5 Å². The van der Waals surface area contributed by atoms with Gasteiger partial charge in [-0.3, -0.25) is 0 Å². The molecule has 0 amide bonds. The number of fused-ring (bicyclic) bond motifs is 1. The zero-order valence-corrected chi connectivity index (χ0v) is 11.6. The highest BCUT2D eigenvalue weighted by atomic mass is 79.9. The van der Waals surface area contributed by atoms with E-state index in [9.17, 15) is 17.6 Å². The first-order valence-corrected chi connectivity index (χ1v) is 6.05. The highest BCUT2D eigenvalue weighted by molar-refractivity contribution is 9.10. The lowest BCUT2D eigenvalue weighted by atomic mass is 10.0. The molecule has 2 N–H and O–H groups in total. The van der Waals surface area contributed by atoms with Gasteiger partial charge in [0.05, 0.1) is 9.99 Å². The number of benzene rings is 1. The normalized spacial score (nSPS) is 12.2. The van der Waals surface area contributed by atoms with Gasteiger partial charge < -0.3 is 5.73 Å². The van der Waals surface area contributed by atoms with E-state index in [-0.39, 0.29) is 26.6 Å². The van der Waals surface area contributed by atoms with Gasteiger partial charge in [0.2, 0.25) is 0 Å². The third-order valence-corrected chi connectivity index (χ3v) is 3.68. The van der Waals surface area contributed by atoms with Crippen LogP contribution in [0.3, 0.4) is 0 Å². The molecule has 0 fully saturated rings. The summed E-state index contributed by atoms with van der Waals surface area (Å²) in [5.74, 6) is -0.586. The molecular weight excluding hydrogens is 328 g/mol. The van der Waals surface area contributed by atoms with Crippen molar-refractivity contribution in [2.45, 2.75) is 20.0 Å². The van der Waals surface area contributed by atoms with Crippen molar-refractivity contribution in [1.29, 1.82) is 0 Å². The smallest absolute Gasteiger partial charge is 0.398 e. The highest BCUT2D eigenvalue weighted by Gasteiger charge is 2.36. The number of aromatic nitrogens is 1. The Morgan fingerprint density at radius 2 is 1.84 bits per heavy atom. The Balaban J connectivity index is 3.01. The van der Waals surface area contributed by atoms with Gasteiger partial charge in [-0.1, -0.05) is 0 Å². The van der Waals surface area contributed by atoms with E-state index >= 15 is 0 Å². The molecule has 102 valence electrons. The summed E-state index contributed by atoms with van der Waals surface area (Å²) in [6.45, 7) is 2.71. The summed E-state index contributed by atoms with van der Waals surface area (Å²) in [7, 11) is 0. The lowest BCUT2D eigenvalue weighted by Gasteiger charge is -2.16. The van der Waals surface area contributed by atoms with Gasteiger partial charge in [-0.05, 0) is 41.4 Å². The zero-order chi connectivity index (χ0) is 14.5. The van der Waals surface area contributed by atoms with Crippen LogP contribution in [0.2, 0.25) is 0 Å². The van der Waals surface area contributed by atoms with Crippen molar-refractivity contribution >= 4 is 32.5 Å². The molecule has 0 radical (unpaired) electrons. The minimum Gasteiger partial charge on any atom is -0.398 e. The summed E-state index contributed by atoms with van der Waals surface area (Å²) in [5, 5.41) is 0.169. The Hall–Kier alpha value is -1.37. The summed E-state index contributed by atoms with van der Waals surface area (Å²) >= 11 is 3.00. The van der Waals surface area contributed by atoms with Crippen LogP contribution < -0.4 is 5.73 Å². The molecule has 1 heterocycles. The second-order valence-corrected chi connectivity index (χ2v) is 5.00. The maximum absolute atomic E-state index is 13.6. The van der Waals surface area contributed by atoms with Crippen molar-refractivity contribution in [3.05, 3.63) is 33.2 Å². The number of anilines is 1. The number of nitrogens with two attached hydrogens (primary N) is 1. The number of rotatable bonds is 0. The van der Waals surface area contributed by atoms with Gasteiger partial charge in [0.15, 0.2) is 0 Å². The van der Waals surface area contributed by atoms with Gasteiger partial charge in [0, 0.05) is 16.6 Å². The zero-order valence-electron chi connectivity index (χ0n) is 9.99. The molecule has 0 atom stereocenters. The van der Waals surface area contributed by atoms with Gasteiger partial charge in [0.1, 0.15) is 11.5 Å². The van der Waals surface area contributed by atoms with E-state index in [0.29, 0.717) is 5.56 Å². The van der Waals surface area contributed by atoms with Crippen molar-refractivity contribution in [1.82, 2.24) is 4.98 Å². The fourth-order valence-electron chi connectivity index (χ4n) is 1.92. The first kappa shape index (κ1) is 14.0. The number of hydrogen-bond acceptors (Lipinski definition) is 2. The van der Waals surface area contributed by atoms with Crippen LogP contribution in [0.1, 0.15) is 16.8 Å². The summed E-state index contributed by atoms with van der Waals surface area (Å²) < 4.78 is 52.2. The fraction of sp³-hybridized carbons (Fsp3) is 0.250. The van der Waals surface area contributed by atoms with Gasteiger partial charge in [-0.25, -0.2) is 9.37 Å². The molecule has 0 saturated carbocycles. The molecule has 0 spiro atoms. The first-order chi connectivity index (χ1) is 8.64. The average Bonchev–Trinajstić information content (AvgIpc) is 2.28. The van der Waals surface area contributed by atoms with E-state index in [0.717, 1.165) is 6.07 Å². The first-order valence-electron chi connectivity index (χ1n) is 5.26. The van der Waals surface area contributed by atoms with Crippen molar-refractivity contribution in [3.8, 4) is 0 Å². The molecule has 0 unspecified atom stereocenters. The largest absolute Gasteiger partial charge is 0.433 e. The van der Waals surface area contributed by atoms with Crippen LogP contribution in [-0.4, -0.2) is 4.98 Å². The molecule has 0 aliphatic carbocycles. The Bertz CT molecular complexity index is 680. The SMILES string of the molecule is Cc1c(C(F)(F)F)nc2c(C)cc(F)c(Br)c2c1N. The predicted octanol–water partition coefficient (Wildman–Crippen LogP) is 4.35. The van der Waals surface area contributed by atoms with Crippen LogP contribution >= 0.6 is 15.9 Å². The van der Waals surface area contributed by atoms with Crippen molar-refractivity contribution < 1.29 is 17.6 Å². The van der Waals surface area contributed by atoms with Crippen LogP contribution in [0.4, 0.5) is 23.2 Å². The highest BCUT2D eigenvalue weighted by Crippen LogP contribution is 2.39. The summed E-state index contributed by atoms with van der Waals surface area (Å²) in [5.41, 5.74) is 4.70. The Morgan fingerprint density at radius 3 is 2.37 bits per heavy atom. The lowest BCUT2D eigenvalue weighted by Crippen LogP contribution is -2.13. The molecule has 19 heavy (non-hydrogen) atoms. The van der Waals surface area contributed by atoms with E-state index in [2.05, 4.69) is 20.9 Å². The van der Waals surface area contributed by atoms with Gasteiger partial charge in [-0.15, -0.1) is 0 Å². The van der Waals surface area contributed by atoms with E-state index in [4.69, 9.17) is 5.73 Å². The number of nitrogen functional groups attached to an aromatic ring is 1. The van der Waals surface area contributed by atoms with E-state index < -0.39 is 17.7 Å². The molecule has 2 aromatic rings. The van der Waals surface area contributed by atoms with E-state index in [1.54, 1.807) is 0 Å². The molecule has 7 heteroatoms. The predicted molar refractivity (Wildman–Crippen MR) is 68.3 cm³/mol. The Kier molecular flexibility index (Phi) is 3.20. The maximum atomic E-state index is 13.6. The van der Waals surface area contributed by atoms with Crippen LogP contribution in [0.5, 0.6) is 0 Å². The maximum Gasteiger partial charge on any atom is 0.433 e. The molecule has 0 saturated heterocycles. The van der Waals surface area contributed by atoms with E-state index in [1.165, 1.54) is 13.8 Å². The number of nitrogens with zero attached hydrogens (tertiary/aromatic N) is 1. The average molecular weight is 337 g/mol. The molecular formula is C12H9BrF4N2.